The van der Waals surface area contributed by atoms with Crippen LogP contribution in [0.15, 0.2) is 6.33 Å². The molecule has 3 heterocycles. The number of nitrogens with one attached hydrogen (secondary N) is 1. The molecule has 1 aromatic heterocycles. The molecule has 0 aromatic carbocycles. The third-order valence-corrected chi connectivity index (χ3v) is 6.54. The van der Waals surface area contributed by atoms with Crippen molar-refractivity contribution in [1.82, 2.24) is 24.7 Å². The van der Waals surface area contributed by atoms with Crippen molar-refractivity contribution in [2.45, 2.75) is 51.1 Å². The van der Waals surface area contributed by atoms with Crippen LogP contribution < -0.4 is 5.32 Å². The van der Waals surface area contributed by atoms with E-state index in [9.17, 15) is 9.59 Å². The van der Waals surface area contributed by atoms with E-state index in [1.807, 2.05) is 18.9 Å². The van der Waals surface area contributed by atoms with Crippen LogP contribution >= 0.6 is 0 Å². The second kappa shape index (κ2) is 8.83. The maximum atomic E-state index is 12.8. The van der Waals surface area contributed by atoms with E-state index in [0.29, 0.717) is 51.0 Å². The number of morpholine rings is 1. The molecule has 1 N–H and O–H groups in total. The third kappa shape index (κ3) is 4.80. The average molecular weight is 404 g/mol. The Morgan fingerprint density at radius 1 is 1.17 bits per heavy atom. The number of nitrogens with zero attached hydrogens (tertiary/aromatic N) is 4. The number of amides is 2. The highest BCUT2D eigenvalue weighted by Gasteiger charge is 2.38. The Bertz CT molecular complexity index is 719. The molecule has 2 saturated heterocycles. The van der Waals surface area contributed by atoms with Gasteiger partial charge in [-0.2, -0.15) is 0 Å². The Morgan fingerprint density at radius 2 is 1.90 bits per heavy atom. The molecule has 0 spiro atoms. The first-order valence-electron chi connectivity index (χ1n) is 10.9. The summed E-state index contributed by atoms with van der Waals surface area (Å²) in [4.78, 5) is 34.1. The van der Waals surface area contributed by atoms with Gasteiger partial charge in [-0.15, -0.1) is 0 Å². The lowest BCUT2D eigenvalue weighted by molar-refractivity contribution is -0.136. The van der Waals surface area contributed by atoms with Gasteiger partial charge in [-0.05, 0) is 38.5 Å². The Kier molecular flexibility index (Phi) is 6.20. The van der Waals surface area contributed by atoms with Crippen LogP contribution in [0.2, 0.25) is 0 Å². The Labute approximate surface area is 172 Å². The number of carbonyl (C=O) groups is 2. The molecule has 1 aliphatic carbocycles. The number of aromatic nitrogens is 2. The number of carbonyl (C=O) groups excluding carboxylic acids is 2. The van der Waals surface area contributed by atoms with Crippen molar-refractivity contribution in [3.05, 3.63) is 17.7 Å². The van der Waals surface area contributed by atoms with Gasteiger partial charge in [0.05, 0.1) is 25.2 Å². The van der Waals surface area contributed by atoms with Crippen molar-refractivity contribution < 1.29 is 14.3 Å². The van der Waals surface area contributed by atoms with Gasteiger partial charge >= 0.3 is 0 Å². The Morgan fingerprint density at radius 3 is 2.55 bits per heavy atom. The number of ether oxygens (including phenoxy) is 1. The smallest absolute Gasteiger partial charge is 0.269 e. The van der Waals surface area contributed by atoms with E-state index in [-0.39, 0.29) is 17.9 Å². The number of likely N-dealkylation sites (tertiary alicyclic amines) is 1. The second-order valence-electron chi connectivity index (χ2n) is 8.72. The van der Waals surface area contributed by atoms with E-state index in [1.54, 1.807) is 10.9 Å². The standard InChI is InChI=1S/C21H33N5O3/c1-15-20(24(2)14-23-15)21(28)22-12-18-6-5-17(26(18)13-16-3-4-16)11-19(27)25-7-9-29-10-8-25/h14,16-18H,3-13H2,1-2H3,(H,22,28)/t17-,18+/m1/s1. The number of imidazole rings is 1. The SMILES string of the molecule is Cc1ncn(C)c1C(=O)NC[C@@H]1CC[C@H](CC(=O)N2CCOCC2)N1CC1CC1. The third-order valence-electron chi connectivity index (χ3n) is 6.54. The first-order valence-corrected chi connectivity index (χ1v) is 10.9. The molecule has 4 rings (SSSR count). The van der Waals surface area contributed by atoms with Crippen LogP contribution in [0.4, 0.5) is 0 Å². The zero-order chi connectivity index (χ0) is 20.4. The fourth-order valence-corrected chi connectivity index (χ4v) is 4.66. The molecular weight excluding hydrogens is 370 g/mol. The molecule has 3 fully saturated rings. The molecule has 8 nitrogen and oxygen atoms in total. The maximum absolute atomic E-state index is 12.8. The van der Waals surface area contributed by atoms with Gasteiger partial charge in [-0.3, -0.25) is 14.5 Å². The van der Waals surface area contributed by atoms with E-state index in [2.05, 4.69) is 15.2 Å². The summed E-state index contributed by atoms with van der Waals surface area (Å²) in [6.07, 6.45) is 6.87. The molecule has 160 valence electrons. The van der Waals surface area contributed by atoms with Crippen LogP contribution in [0.3, 0.4) is 0 Å². The maximum Gasteiger partial charge on any atom is 0.269 e. The lowest BCUT2D eigenvalue weighted by Crippen LogP contribution is -2.47. The summed E-state index contributed by atoms with van der Waals surface area (Å²) < 4.78 is 7.14. The molecule has 0 radical (unpaired) electrons. The molecule has 0 bridgehead atoms. The van der Waals surface area contributed by atoms with Gasteiger partial charge in [0.25, 0.3) is 5.91 Å². The molecule has 2 aliphatic heterocycles. The first kappa shape index (κ1) is 20.3. The van der Waals surface area contributed by atoms with Crippen LogP contribution in [0.25, 0.3) is 0 Å². The molecule has 3 aliphatic rings. The van der Waals surface area contributed by atoms with Crippen LogP contribution in [-0.4, -0.2) is 82.6 Å². The van der Waals surface area contributed by atoms with Gasteiger partial charge in [-0.1, -0.05) is 0 Å². The minimum atomic E-state index is -0.0679. The normalized spacial score (nSPS) is 25.4. The average Bonchev–Trinajstić information content (AvgIpc) is 3.38. The summed E-state index contributed by atoms with van der Waals surface area (Å²) >= 11 is 0. The topological polar surface area (TPSA) is 79.7 Å². The molecule has 2 amide bonds. The second-order valence-corrected chi connectivity index (χ2v) is 8.72. The van der Waals surface area contributed by atoms with Gasteiger partial charge in [0.15, 0.2) is 0 Å². The van der Waals surface area contributed by atoms with Crippen LogP contribution in [0.5, 0.6) is 0 Å². The molecule has 8 heteroatoms. The molecule has 29 heavy (non-hydrogen) atoms. The van der Waals surface area contributed by atoms with Crippen LogP contribution in [-0.2, 0) is 16.6 Å². The van der Waals surface area contributed by atoms with Crippen LogP contribution in [0, 0.1) is 12.8 Å². The zero-order valence-corrected chi connectivity index (χ0v) is 17.6. The van der Waals surface area contributed by atoms with Gasteiger partial charge in [0.2, 0.25) is 5.91 Å². The number of rotatable bonds is 7. The Hall–Kier alpha value is -1.93. The van der Waals surface area contributed by atoms with Crippen molar-refractivity contribution in [1.29, 1.82) is 0 Å². The van der Waals surface area contributed by atoms with E-state index < -0.39 is 0 Å². The minimum Gasteiger partial charge on any atom is -0.378 e. The lowest BCUT2D eigenvalue weighted by Gasteiger charge is -2.33. The zero-order valence-electron chi connectivity index (χ0n) is 17.6. The summed E-state index contributed by atoms with van der Waals surface area (Å²) in [5.74, 6) is 0.933. The lowest BCUT2D eigenvalue weighted by atomic mass is 10.1. The van der Waals surface area contributed by atoms with E-state index in [0.717, 1.165) is 31.0 Å². The summed E-state index contributed by atoms with van der Waals surface area (Å²) in [7, 11) is 1.84. The first-order chi connectivity index (χ1) is 14.0. The van der Waals surface area contributed by atoms with E-state index >= 15 is 0 Å². The van der Waals surface area contributed by atoms with Gasteiger partial charge in [0.1, 0.15) is 5.69 Å². The Balaban J connectivity index is 1.35. The summed E-state index contributed by atoms with van der Waals surface area (Å²) in [5.41, 5.74) is 1.37. The molecule has 2 atom stereocenters. The number of hydrogen-bond acceptors (Lipinski definition) is 5. The minimum absolute atomic E-state index is 0.0679. The van der Waals surface area contributed by atoms with Crippen molar-refractivity contribution in [3.63, 3.8) is 0 Å². The summed E-state index contributed by atoms with van der Waals surface area (Å²) in [5, 5.41) is 3.12. The fourth-order valence-electron chi connectivity index (χ4n) is 4.66. The number of aryl methyl sites for hydroxylation is 2. The molecule has 1 aromatic rings. The predicted octanol–water partition coefficient (Wildman–Crippen LogP) is 0.950. The summed E-state index contributed by atoms with van der Waals surface area (Å²) in [6.45, 7) is 6.23. The highest BCUT2D eigenvalue weighted by atomic mass is 16.5. The van der Waals surface area contributed by atoms with E-state index in [4.69, 9.17) is 4.74 Å². The highest BCUT2D eigenvalue weighted by Crippen LogP contribution is 2.35. The molecular formula is C21H33N5O3. The van der Waals surface area contributed by atoms with Crippen molar-refractivity contribution in [2.24, 2.45) is 13.0 Å². The monoisotopic (exact) mass is 403 g/mol. The van der Waals surface area contributed by atoms with Crippen LogP contribution in [0.1, 0.15) is 48.3 Å². The van der Waals surface area contributed by atoms with Gasteiger partial charge < -0.3 is 19.5 Å². The van der Waals surface area contributed by atoms with Crippen molar-refractivity contribution >= 4 is 11.8 Å². The number of hydrogen-bond donors (Lipinski definition) is 1. The van der Waals surface area contributed by atoms with Gasteiger partial charge in [0, 0.05) is 51.7 Å². The predicted molar refractivity (Wildman–Crippen MR) is 109 cm³/mol. The quantitative estimate of drug-likeness (QED) is 0.733. The molecule has 1 saturated carbocycles. The summed E-state index contributed by atoms with van der Waals surface area (Å²) in [6, 6.07) is 0.585. The fraction of sp³-hybridized carbons (Fsp3) is 0.762. The van der Waals surface area contributed by atoms with E-state index in [1.165, 1.54) is 12.8 Å². The highest BCUT2D eigenvalue weighted by molar-refractivity contribution is 5.93. The molecule has 0 unspecified atom stereocenters. The van der Waals surface area contributed by atoms with Crippen molar-refractivity contribution in [3.8, 4) is 0 Å². The van der Waals surface area contributed by atoms with Gasteiger partial charge in [-0.25, -0.2) is 4.98 Å². The van der Waals surface area contributed by atoms with Crippen molar-refractivity contribution in [2.75, 3.05) is 39.4 Å². The largest absolute Gasteiger partial charge is 0.378 e.